The van der Waals surface area contributed by atoms with Gasteiger partial charge >= 0.3 is 24.3 Å². The summed E-state index contributed by atoms with van der Waals surface area (Å²) < 4.78 is 133. The van der Waals surface area contributed by atoms with Crippen LogP contribution in [0.4, 0.5) is 35.1 Å². The Labute approximate surface area is 555 Å². The number of benzene rings is 4. The lowest BCUT2D eigenvalue weighted by Crippen LogP contribution is -2.41. The van der Waals surface area contributed by atoms with Gasteiger partial charge in [0.05, 0.1) is 56.9 Å². The fourth-order valence-corrected chi connectivity index (χ4v) is 11.8. The van der Waals surface area contributed by atoms with Crippen LogP contribution in [0.3, 0.4) is 0 Å². The summed E-state index contributed by atoms with van der Waals surface area (Å²) in [5, 5.41) is 15.2. The summed E-state index contributed by atoms with van der Waals surface area (Å²) in [4.78, 5) is 82.8. The number of esters is 1. The Balaban J connectivity index is 0.000000348. The first-order chi connectivity index (χ1) is 44.7. The highest BCUT2D eigenvalue weighted by Gasteiger charge is 2.38. The van der Waals surface area contributed by atoms with Gasteiger partial charge in [0.2, 0.25) is 11.8 Å². The van der Waals surface area contributed by atoms with Crippen LogP contribution in [-0.4, -0.2) is 110 Å². The molecule has 4 atom stereocenters. The maximum absolute atomic E-state index is 16.0. The Hall–Kier alpha value is -8.38. The third-order valence-electron chi connectivity index (χ3n) is 16.3. The first-order valence-corrected chi connectivity index (χ1v) is 31.5. The monoisotopic (exact) mass is 1350 g/mol. The molecule has 0 aliphatic carbocycles. The number of pyridine rings is 2. The minimum atomic E-state index is -4.79. The third-order valence-corrected chi connectivity index (χ3v) is 16.3. The van der Waals surface area contributed by atoms with Crippen molar-refractivity contribution < 1.29 is 73.6 Å². The summed E-state index contributed by atoms with van der Waals surface area (Å²) in [7, 11) is 9.95. The standard InChI is InChI=1S/C37H47F4N3O5.C35H43F4N3O5/c1-10-49-33(46)19-30(28-17-26(14-24(6)35(28)38)34-22(4)15-27(48-9)16-23(34)5)42-36(47)31(13-21(2)3)44-20-25(11-12-43(7)8)29(18-32(44)45)37(39,40)41;1-19(2)11-29(42-18-23(9-10-41(6)7)27(16-30(42)43)35(37,38)39)34(46)40-28(17-31(44)45)26-15-24(12-22(5)33(26)36)32-20(3)13-25(47-8)14-21(32)4/h14-18,20-21,30-31H,10-13,19H2,1-9H3,(H,42,47);12-16,18-19,28-29H,9-11,17H2,1-8H3,(H,40,46)(H,44,45)/t30-,31?;28-,29?/m00/s1. The van der Waals surface area contributed by atoms with Crippen LogP contribution < -0.4 is 31.2 Å². The fourth-order valence-electron chi connectivity index (χ4n) is 11.8. The lowest BCUT2D eigenvalue weighted by Gasteiger charge is -2.27. The first kappa shape index (κ1) is 78.3. The number of nitrogens with zero attached hydrogens (tertiary/aromatic N) is 4. The van der Waals surface area contributed by atoms with Crippen molar-refractivity contribution in [3.05, 3.63) is 172 Å². The number of rotatable bonds is 27. The number of aromatic nitrogens is 2. The lowest BCUT2D eigenvalue weighted by molar-refractivity contribution is -0.144. The number of halogens is 8. The maximum atomic E-state index is 16.0. The molecule has 3 N–H and O–H groups in total. The molecule has 6 rings (SSSR count). The van der Waals surface area contributed by atoms with Gasteiger partial charge in [0.15, 0.2) is 0 Å². The van der Waals surface area contributed by atoms with Crippen LogP contribution in [0.25, 0.3) is 22.3 Å². The van der Waals surface area contributed by atoms with E-state index in [4.69, 9.17) is 14.2 Å². The largest absolute Gasteiger partial charge is 0.497 e. The van der Waals surface area contributed by atoms with Crippen molar-refractivity contribution >= 4 is 23.8 Å². The Morgan fingerprint density at radius 1 is 0.542 bits per heavy atom. The van der Waals surface area contributed by atoms with Gasteiger partial charge in [-0.3, -0.25) is 28.8 Å². The Morgan fingerprint density at radius 2 is 0.885 bits per heavy atom. The molecule has 0 saturated carbocycles. The highest BCUT2D eigenvalue weighted by atomic mass is 19.4. The van der Waals surface area contributed by atoms with Crippen molar-refractivity contribution in [1.29, 1.82) is 0 Å². The number of amides is 2. The molecule has 524 valence electrons. The number of aliphatic carboxylic acids is 1. The number of methoxy groups -OCH3 is 2. The minimum Gasteiger partial charge on any atom is -0.497 e. The zero-order chi connectivity index (χ0) is 72.2. The van der Waals surface area contributed by atoms with E-state index in [1.807, 2.05) is 65.8 Å². The van der Waals surface area contributed by atoms with Crippen LogP contribution >= 0.6 is 0 Å². The van der Waals surface area contributed by atoms with E-state index in [0.29, 0.717) is 34.8 Å². The molecule has 4 aromatic carbocycles. The van der Waals surface area contributed by atoms with Crippen molar-refractivity contribution in [2.75, 3.05) is 62.1 Å². The summed E-state index contributed by atoms with van der Waals surface area (Å²) >= 11 is 0. The van der Waals surface area contributed by atoms with E-state index in [2.05, 4.69) is 10.6 Å². The molecular formula is C72H90F8N6O10. The van der Waals surface area contributed by atoms with Gasteiger partial charge in [0.1, 0.15) is 35.2 Å². The van der Waals surface area contributed by atoms with Crippen molar-refractivity contribution in [3.63, 3.8) is 0 Å². The average Bonchev–Trinajstić information content (AvgIpc) is 0.799. The van der Waals surface area contributed by atoms with Crippen LogP contribution in [0, 0.1) is 65.0 Å². The minimum absolute atomic E-state index is 0.0227. The van der Waals surface area contributed by atoms with Gasteiger partial charge in [-0.15, -0.1) is 0 Å². The summed E-state index contributed by atoms with van der Waals surface area (Å²) in [5.41, 5.74) is 2.25. The number of carboxylic acids is 1. The number of aryl methyl sites for hydroxylation is 6. The van der Waals surface area contributed by atoms with Crippen LogP contribution in [0.1, 0.15) is 151 Å². The van der Waals surface area contributed by atoms with Gasteiger partial charge in [0, 0.05) is 48.7 Å². The van der Waals surface area contributed by atoms with E-state index in [9.17, 15) is 60.2 Å². The number of carbonyl (C=O) groups is 4. The van der Waals surface area contributed by atoms with E-state index in [1.165, 1.54) is 13.0 Å². The highest BCUT2D eigenvalue weighted by Crippen LogP contribution is 2.39. The molecule has 6 aromatic rings. The second-order valence-electron chi connectivity index (χ2n) is 25.7. The molecule has 0 aliphatic rings. The zero-order valence-electron chi connectivity index (χ0n) is 57.7. The molecule has 0 bridgehead atoms. The molecule has 96 heavy (non-hydrogen) atoms. The van der Waals surface area contributed by atoms with Crippen molar-refractivity contribution in [3.8, 4) is 33.8 Å². The Morgan fingerprint density at radius 3 is 1.18 bits per heavy atom. The number of ether oxygens (including phenoxy) is 3. The molecule has 2 heterocycles. The van der Waals surface area contributed by atoms with Crippen LogP contribution in [0.15, 0.2) is 82.6 Å². The lowest BCUT2D eigenvalue weighted by atomic mass is 9.90. The van der Waals surface area contributed by atoms with Crippen molar-refractivity contribution in [2.24, 2.45) is 11.8 Å². The molecule has 0 radical (unpaired) electrons. The predicted molar refractivity (Wildman–Crippen MR) is 353 cm³/mol. The number of carboxylic acid groups (broad SMARTS) is 1. The second-order valence-corrected chi connectivity index (χ2v) is 25.7. The van der Waals surface area contributed by atoms with Gasteiger partial charge in [-0.25, -0.2) is 8.78 Å². The summed E-state index contributed by atoms with van der Waals surface area (Å²) in [5.74, 6) is -3.97. The van der Waals surface area contributed by atoms with Gasteiger partial charge in [0.25, 0.3) is 11.1 Å². The Kier molecular flexibility index (Phi) is 27.4. The Bertz CT molecular complexity index is 3850. The number of carbonyl (C=O) groups excluding carboxylic acids is 3. The molecule has 2 aromatic heterocycles. The van der Waals surface area contributed by atoms with Crippen molar-refractivity contribution in [2.45, 2.75) is 151 Å². The van der Waals surface area contributed by atoms with Gasteiger partial charge < -0.3 is 48.9 Å². The molecular weight excluding hydrogens is 1260 g/mol. The van der Waals surface area contributed by atoms with E-state index in [-0.39, 0.29) is 90.6 Å². The molecule has 0 aliphatic heterocycles. The number of alkyl halides is 6. The van der Waals surface area contributed by atoms with E-state index in [0.717, 1.165) is 54.9 Å². The van der Waals surface area contributed by atoms with Crippen LogP contribution in [0.2, 0.25) is 0 Å². The molecule has 0 fully saturated rings. The number of nitrogens with one attached hydrogen (secondary N) is 2. The summed E-state index contributed by atoms with van der Waals surface area (Å²) in [6.45, 7) is 20.0. The summed E-state index contributed by atoms with van der Waals surface area (Å²) in [6, 6.07) is 9.63. The van der Waals surface area contributed by atoms with Crippen LogP contribution in [0.5, 0.6) is 11.5 Å². The topological polar surface area (TPSA) is 191 Å². The molecule has 0 saturated heterocycles. The normalized spacial score (nSPS) is 13.1. The maximum Gasteiger partial charge on any atom is 0.416 e. The molecule has 16 nitrogen and oxygen atoms in total. The number of hydrogen-bond donors (Lipinski definition) is 3. The van der Waals surface area contributed by atoms with Gasteiger partial charge in [-0.05, 0) is 229 Å². The average molecular weight is 1350 g/mol. The first-order valence-electron chi connectivity index (χ1n) is 31.5. The molecule has 2 unspecified atom stereocenters. The zero-order valence-corrected chi connectivity index (χ0v) is 57.7. The smallest absolute Gasteiger partial charge is 0.416 e. The van der Waals surface area contributed by atoms with E-state index in [1.54, 1.807) is 98.1 Å². The molecule has 24 heteroatoms. The third kappa shape index (κ3) is 20.6. The van der Waals surface area contributed by atoms with Crippen LogP contribution in [-0.2, 0) is 49.1 Å². The molecule has 0 spiro atoms. The number of hydrogen-bond acceptors (Lipinski definition) is 11. The van der Waals surface area contributed by atoms with E-state index < -0.39 is 107 Å². The SMILES string of the molecule is CCOC(=O)C[C@H](NC(=O)C(CC(C)C)n1cc(CCN(C)C)c(C(F)(F)F)cc1=O)c1cc(-c2c(C)cc(OC)cc2C)cc(C)c1F.COc1cc(C)c(-c2cc(C)c(F)c([C@H](CC(=O)O)NC(=O)C(CC(C)C)n3cc(CCN(C)C)c(C(F)(F)F)cc3=O)c2)c(C)c1. The van der Waals surface area contributed by atoms with E-state index >= 15 is 8.78 Å². The second kappa shape index (κ2) is 33.5. The van der Waals surface area contributed by atoms with Crippen molar-refractivity contribution in [1.82, 2.24) is 29.6 Å². The number of likely N-dealkylation sites (N-methyl/N-ethyl adjacent to an activating group) is 2. The highest BCUT2D eigenvalue weighted by molar-refractivity contribution is 5.83. The predicted octanol–water partition coefficient (Wildman–Crippen LogP) is 13.7. The van der Waals surface area contributed by atoms with Gasteiger partial charge in [-0.2, -0.15) is 26.3 Å². The quantitative estimate of drug-likeness (QED) is 0.0327. The fraction of sp³-hybridized carbons (Fsp3) is 0.472. The van der Waals surface area contributed by atoms with Gasteiger partial charge in [-0.1, -0.05) is 27.7 Å². The molecule has 2 amide bonds. The summed E-state index contributed by atoms with van der Waals surface area (Å²) in [6.07, 6.45) is -8.44.